The molecule has 0 radical (unpaired) electrons. The fourth-order valence-electron chi connectivity index (χ4n) is 4.28. The fourth-order valence-corrected chi connectivity index (χ4v) is 4.79. The van der Waals surface area contributed by atoms with Crippen LogP contribution in [-0.2, 0) is 39.9 Å². The number of imide groups is 1. The number of rotatable bonds is 14. The first-order valence-corrected chi connectivity index (χ1v) is 13.6. The molecule has 0 spiro atoms. The molecule has 12 heteroatoms. The molecule has 2 aliphatic heterocycles. The van der Waals surface area contributed by atoms with Crippen LogP contribution in [0.1, 0.15) is 32.3 Å². The first-order valence-electron chi connectivity index (χ1n) is 12.8. The van der Waals surface area contributed by atoms with E-state index in [-0.39, 0.29) is 43.2 Å². The Balaban J connectivity index is 1.55. The Morgan fingerprint density at radius 2 is 1.97 bits per heavy atom. The van der Waals surface area contributed by atoms with Gasteiger partial charge in [0.1, 0.15) is 12.7 Å². The van der Waals surface area contributed by atoms with Gasteiger partial charge in [0.25, 0.3) is 5.91 Å². The van der Waals surface area contributed by atoms with Gasteiger partial charge in [-0.1, -0.05) is 44.2 Å². The molecule has 0 saturated carbocycles. The maximum Gasteiger partial charge on any atom is 0.417 e. The molecule has 2 heterocycles. The van der Waals surface area contributed by atoms with Crippen LogP contribution in [-0.4, -0.2) is 96.6 Å². The Labute approximate surface area is 236 Å². The molecule has 1 fully saturated rings. The van der Waals surface area contributed by atoms with Crippen molar-refractivity contribution in [3.8, 4) is 0 Å². The molecule has 2 N–H and O–H groups in total. The highest BCUT2D eigenvalue weighted by Crippen LogP contribution is 2.36. The number of benzene rings is 1. The highest BCUT2D eigenvalue weighted by atomic mass is 79.9. The van der Waals surface area contributed by atoms with Gasteiger partial charge < -0.3 is 33.9 Å². The molecule has 3 rings (SSSR count). The number of carbonyl (C=O) groups excluding carboxylic acids is 3. The Kier molecular flexibility index (Phi) is 11.6. The molecule has 216 valence electrons. The number of methoxy groups -OCH3 is 1. The van der Waals surface area contributed by atoms with E-state index in [4.69, 9.17) is 23.7 Å². The zero-order valence-corrected chi connectivity index (χ0v) is 23.9. The number of aliphatic hydroxyl groups excluding tert-OH is 1. The van der Waals surface area contributed by atoms with E-state index in [0.29, 0.717) is 13.0 Å². The predicted molar refractivity (Wildman–Crippen MR) is 142 cm³/mol. The van der Waals surface area contributed by atoms with E-state index in [1.165, 1.54) is 7.11 Å². The lowest BCUT2D eigenvalue weighted by Gasteiger charge is -2.38. The van der Waals surface area contributed by atoms with Crippen molar-refractivity contribution in [3.05, 3.63) is 46.5 Å². The van der Waals surface area contributed by atoms with E-state index < -0.39 is 47.9 Å². The van der Waals surface area contributed by atoms with Crippen molar-refractivity contribution in [1.82, 2.24) is 4.90 Å². The summed E-state index contributed by atoms with van der Waals surface area (Å²) in [6.07, 6.45) is -2.81. The van der Waals surface area contributed by atoms with Crippen LogP contribution in [0.5, 0.6) is 0 Å². The molecular formula is C27H36BrNO10. The van der Waals surface area contributed by atoms with Crippen LogP contribution in [0.4, 0.5) is 4.79 Å². The lowest BCUT2D eigenvalue weighted by Crippen LogP contribution is -2.57. The summed E-state index contributed by atoms with van der Waals surface area (Å²) in [5, 5.41) is 20.8. The second kappa shape index (κ2) is 14.4. The van der Waals surface area contributed by atoms with Gasteiger partial charge in [-0.2, -0.15) is 0 Å². The van der Waals surface area contributed by atoms with Crippen LogP contribution in [0.2, 0.25) is 0 Å². The van der Waals surface area contributed by atoms with Crippen LogP contribution in [0.25, 0.3) is 0 Å². The zero-order chi connectivity index (χ0) is 28.6. The summed E-state index contributed by atoms with van der Waals surface area (Å²) in [5.41, 5.74) is 0.975. The van der Waals surface area contributed by atoms with Gasteiger partial charge in [-0.15, -0.1) is 0 Å². The molecule has 0 unspecified atom stereocenters. The Morgan fingerprint density at radius 1 is 1.26 bits per heavy atom. The van der Waals surface area contributed by atoms with Crippen LogP contribution in [0.15, 0.2) is 40.9 Å². The van der Waals surface area contributed by atoms with Crippen molar-refractivity contribution in [2.45, 2.75) is 63.4 Å². The molecule has 5 atom stereocenters. The van der Waals surface area contributed by atoms with Crippen molar-refractivity contribution in [2.75, 3.05) is 33.5 Å². The smallest absolute Gasteiger partial charge is 0.417 e. The highest BCUT2D eigenvalue weighted by molar-refractivity contribution is 9.11. The van der Waals surface area contributed by atoms with E-state index in [2.05, 4.69) is 15.9 Å². The molecule has 39 heavy (non-hydrogen) atoms. The highest BCUT2D eigenvalue weighted by Gasteiger charge is 2.50. The maximum absolute atomic E-state index is 13.3. The third-order valence-corrected chi connectivity index (χ3v) is 7.42. The number of ether oxygens (including phenoxy) is 5. The molecule has 1 saturated heterocycles. The normalized spacial score (nSPS) is 25.0. The van der Waals surface area contributed by atoms with Crippen LogP contribution in [0.3, 0.4) is 0 Å². The Bertz CT molecular complexity index is 1020. The third kappa shape index (κ3) is 7.94. The first-order chi connectivity index (χ1) is 18.6. The van der Waals surface area contributed by atoms with Gasteiger partial charge >= 0.3 is 6.09 Å². The molecule has 11 nitrogen and oxygen atoms in total. The number of halogens is 1. The van der Waals surface area contributed by atoms with Gasteiger partial charge in [-0.3, -0.25) is 9.59 Å². The van der Waals surface area contributed by atoms with Gasteiger partial charge in [0.05, 0.1) is 30.3 Å². The van der Waals surface area contributed by atoms with Crippen molar-refractivity contribution in [1.29, 1.82) is 0 Å². The summed E-state index contributed by atoms with van der Waals surface area (Å²) in [7, 11) is 1.22. The van der Waals surface area contributed by atoms with Crippen molar-refractivity contribution < 1.29 is 48.3 Å². The molecule has 0 aromatic heterocycles. The molecule has 1 aromatic rings. The molecular weight excluding hydrogens is 578 g/mol. The average Bonchev–Trinajstić information content (AvgIpc) is 3.31. The lowest BCUT2D eigenvalue weighted by atomic mass is 9.98. The average molecular weight is 614 g/mol. The SMILES string of the molecule is CO[C@@H](C(=O)N1C(=O)OC[C@H]1C(C)C)[C@@H]1O[C@@](O)(CCCOC[C@@H](CO)OCc2ccccc2)C(Br)=CC1=O. The van der Waals surface area contributed by atoms with Gasteiger partial charge in [-0.25, -0.2) is 9.69 Å². The van der Waals surface area contributed by atoms with Crippen LogP contribution >= 0.6 is 15.9 Å². The number of hydrogen-bond acceptors (Lipinski definition) is 10. The number of hydrogen-bond donors (Lipinski definition) is 2. The number of carbonyl (C=O) groups is 3. The van der Waals surface area contributed by atoms with E-state index >= 15 is 0 Å². The quantitative estimate of drug-likeness (QED) is 0.300. The third-order valence-electron chi connectivity index (χ3n) is 6.57. The van der Waals surface area contributed by atoms with E-state index in [1.54, 1.807) is 0 Å². The number of nitrogens with zero attached hydrogens (tertiary/aromatic N) is 1. The first kappa shape index (κ1) is 31.3. The van der Waals surface area contributed by atoms with Crippen molar-refractivity contribution in [2.24, 2.45) is 5.92 Å². The molecule has 0 bridgehead atoms. The summed E-state index contributed by atoms with van der Waals surface area (Å²) in [5.74, 6) is -3.39. The second-order valence-electron chi connectivity index (χ2n) is 9.75. The van der Waals surface area contributed by atoms with Gasteiger partial charge in [0, 0.05) is 20.1 Å². The largest absolute Gasteiger partial charge is 0.447 e. The lowest BCUT2D eigenvalue weighted by molar-refractivity contribution is -0.227. The van der Waals surface area contributed by atoms with Crippen LogP contribution < -0.4 is 0 Å². The minimum Gasteiger partial charge on any atom is -0.447 e. The summed E-state index contributed by atoms with van der Waals surface area (Å²) in [6, 6.07) is 9.04. The number of aliphatic hydroxyl groups is 2. The minimum atomic E-state index is -1.93. The molecule has 1 aromatic carbocycles. The second-order valence-corrected chi connectivity index (χ2v) is 10.6. The summed E-state index contributed by atoms with van der Waals surface area (Å²) < 4.78 is 27.5. The van der Waals surface area contributed by atoms with Gasteiger partial charge in [0.15, 0.2) is 23.8 Å². The minimum absolute atomic E-state index is 0.0214. The predicted octanol–water partition coefficient (Wildman–Crippen LogP) is 2.31. The summed E-state index contributed by atoms with van der Waals surface area (Å²) in [4.78, 5) is 39.3. The van der Waals surface area contributed by atoms with E-state index in [9.17, 15) is 24.6 Å². The van der Waals surface area contributed by atoms with Crippen LogP contribution in [0, 0.1) is 5.92 Å². The molecule has 0 aliphatic carbocycles. The fraction of sp³-hybridized carbons (Fsp3) is 0.593. The number of ketones is 1. The Hall–Kier alpha value is -2.19. The maximum atomic E-state index is 13.3. The summed E-state index contributed by atoms with van der Waals surface area (Å²) >= 11 is 3.20. The van der Waals surface area contributed by atoms with Crippen molar-refractivity contribution >= 4 is 33.7 Å². The standard InChI is InChI=1S/C27H36BrNO10/c1-17(2)20-16-38-26(33)29(20)25(32)24(35-3)23-21(31)12-22(28)27(34,39-23)10-7-11-36-15-19(13-30)37-14-18-8-5-4-6-9-18/h4-6,8-9,12,17,19-20,23-24,30,34H,7,10-11,13-16H2,1-3H3/t19-,20+,23-,24-,27+/m1/s1. The van der Waals surface area contributed by atoms with Crippen molar-refractivity contribution in [3.63, 3.8) is 0 Å². The molecule has 2 aliphatic rings. The van der Waals surface area contributed by atoms with E-state index in [1.807, 2.05) is 44.2 Å². The topological polar surface area (TPSA) is 141 Å². The zero-order valence-electron chi connectivity index (χ0n) is 22.3. The van der Waals surface area contributed by atoms with Gasteiger partial charge in [-0.05, 0) is 39.9 Å². The number of cyclic esters (lactones) is 1. The monoisotopic (exact) mass is 613 g/mol. The molecule has 2 amide bonds. The van der Waals surface area contributed by atoms with Gasteiger partial charge in [0.2, 0.25) is 0 Å². The number of amides is 2. The summed E-state index contributed by atoms with van der Waals surface area (Å²) in [6.45, 7) is 4.20. The van der Waals surface area contributed by atoms with E-state index in [0.717, 1.165) is 16.5 Å². The Morgan fingerprint density at radius 3 is 2.62 bits per heavy atom.